The van der Waals surface area contributed by atoms with Gasteiger partial charge in [-0.25, -0.2) is 9.59 Å². The highest BCUT2D eigenvalue weighted by Gasteiger charge is 2.24. The number of carbonyl (C=O) groups excluding carboxylic acids is 4. The van der Waals surface area contributed by atoms with Gasteiger partial charge in [0.15, 0.2) is 5.78 Å². The fourth-order valence-electron chi connectivity index (χ4n) is 4.05. The van der Waals surface area contributed by atoms with Crippen molar-refractivity contribution in [3.63, 3.8) is 0 Å². The number of ketones is 1. The first kappa shape index (κ1) is 30.9. The fraction of sp³-hybridized carbons (Fsp3) is 0.312. The summed E-state index contributed by atoms with van der Waals surface area (Å²) < 4.78 is 10.0. The van der Waals surface area contributed by atoms with Gasteiger partial charge in [0.25, 0.3) is 5.91 Å². The number of carbonyl (C=O) groups is 4. The highest BCUT2D eigenvalue weighted by atomic mass is 16.6. The molecule has 0 saturated carbocycles. The van der Waals surface area contributed by atoms with Crippen molar-refractivity contribution in [2.75, 3.05) is 7.11 Å². The van der Waals surface area contributed by atoms with Gasteiger partial charge in [-0.3, -0.25) is 9.59 Å². The van der Waals surface area contributed by atoms with Crippen LogP contribution in [0.15, 0.2) is 72.8 Å². The molecule has 9 heteroatoms. The van der Waals surface area contributed by atoms with Crippen LogP contribution in [0.2, 0.25) is 0 Å². The fourth-order valence-corrected chi connectivity index (χ4v) is 4.05. The molecule has 0 aliphatic rings. The third kappa shape index (κ3) is 9.79. The summed E-state index contributed by atoms with van der Waals surface area (Å²) in [4.78, 5) is 49.6. The predicted octanol–water partition coefficient (Wildman–Crippen LogP) is 4.75. The van der Waals surface area contributed by atoms with Crippen molar-refractivity contribution >= 4 is 23.8 Å². The van der Waals surface area contributed by atoms with E-state index in [1.165, 1.54) is 19.2 Å². The number of Topliss-reactive ketones (excluding diaryl/α,β-unsaturated/α-hetero) is 1. The van der Waals surface area contributed by atoms with Crippen molar-refractivity contribution in [2.45, 2.75) is 58.2 Å². The maximum Gasteiger partial charge on any atom is 0.407 e. The minimum absolute atomic E-state index is 0.0117. The summed E-state index contributed by atoms with van der Waals surface area (Å²) >= 11 is 0. The average molecular weight is 561 g/mol. The van der Waals surface area contributed by atoms with Crippen LogP contribution in [0.4, 0.5) is 4.79 Å². The minimum atomic E-state index is -0.925. The molecular weight excluding hydrogens is 524 g/mol. The van der Waals surface area contributed by atoms with E-state index >= 15 is 0 Å². The summed E-state index contributed by atoms with van der Waals surface area (Å²) in [5.41, 5.74) is 2.31. The van der Waals surface area contributed by atoms with Crippen LogP contribution in [0, 0.1) is 0 Å². The van der Waals surface area contributed by atoms with Gasteiger partial charge in [0.1, 0.15) is 17.4 Å². The molecular formula is C32H36N2O7. The highest BCUT2D eigenvalue weighted by molar-refractivity contribution is 5.99. The summed E-state index contributed by atoms with van der Waals surface area (Å²) in [5.74, 6) is -1.54. The number of aryl methyl sites for hydroxylation is 1. The van der Waals surface area contributed by atoms with Gasteiger partial charge in [-0.2, -0.15) is 0 Å². The molecule has 0 spiro atoms. The van der Waals surface area contributed by atoms with Crippen LogP contribution >= 0.6 is 0 Å². The highest BCUT2D eigenvalue weighted by Crippen LogP contribution is 2.21. The van der Waals surface area contributed by atoms with Crippen LogP contribution in [0.25, 0.3) is 0 Å². The molecule has 0 aliphatic carbocycles. The lowest BCUT2D eigenvalue weighted by molar-refractivity contribution is -0.142. The van der Waals surface area contributed by atoms with E-state index in [0.717, 1.165) is 11.1 Å². The number of benzene rings is 3. The standard InChI is InChI=1S/C32H36N2O7/c1-32(2,3)41-31(39)33-20-23-10-14-24(15-11-23)27(35)17-13-22-12-16-25(28(36)19-22)29(37)34-26(30(38)40-4)18-21-8-6-5-7-9-21/h5-12,14-16,19,26,36H,13,17-18,20H2,1-4H3,(H,33,39)(H,34,37)/t26-/m0/s1. The normalized spacial score (nSPS) is 11.7. The quantitative estimate of drug-likeness (QED) is 0.228. The number of phenols is 1. The maximum absolute atomic E-state index is 12.9. The molecule has 0 saturated heterocycles. The van der Waals surface area contributed by atoms with Crippen molar-refractivity contribution in [3.8, 4) is 5.75 Å². The smallest absolute Gasteiger partial charge is 0.407 e. The molecule has 0 aliphatic heterocycles. The Kier molecular flexibility index (Phi) is 10.6. The van der Waals surface area contributed by atoms with Crippen LogP contribution in [0.3, 0.4) is 0 Å². The summed E-state index contributed by atoms with van der Waals surface area (Å²) in [7, 11) is 1.25. The van der Waals surface area contributed by atoms with Gasteiger partial charge in [-0.15, -0.1) is 0 Å². The Balaban J connectivity index is 1.55. The zero-order chi connectivity index (χ0) is 30.0. The molecule has 3 rings (SSSR count). The Morgan fingerprint density at radius 1 is 0.878 bits per heavy atom. The second kappa shape index (κ2) is 14.1. The van der Waals surface area contributed by atoms with Gasteiger partial charge in [0.05, 0.1) is 12.7 Å². The SMILES string of the molecule is COC(=O)[C@H](Cc1ccccc1)NC(=O)c1ccc(CCC(=O)c2ccc(CNC(=O)OC(C)(C)C)cc2)cc1O. The third-order valence-electron chi connectivity index (χ3n) is 6.13. The zero-order valence-corrected chi connectivity index (χ0v) is 23.7. The Morgan fingerprint density at radius 3 is 2.15 bits per heavy atom. The number of hydrogen-bond donors (Lipinski definition) is 3. The van der Waals surface area contributed by atoms with Gasteiger partial charge < -0.3 is 25.2 Å². The lowest BCUT2D eigenvalue weighted by atomic mass is 10.00. The van der Waals surface area contributed by atoms with E-state index in [4.69, 9.17) is 9.47 Å². The molecule has 9 nitrogen and oxygen atoms in total. The Labute approximate surface area is 239 Å². The van der Waals surface area contributed by atoms with Gasteiger partial charge in [0.2, 0.25) is 0 Å². The van der Waals surface area contributed by atoms with Crippen LogP contribution < -0.4 is 10.6 Å². The molecule has 1 atom stereocenters. The first-order valence-corrected chi connectivity index (χ1v) is 13.3. The summed E-state index contributed by atoms with van der Waals surface area (Å²) in [5, 5.41) is 15.8. The molecule has 0 fully saturated rings. The number of phenolic OH excluding ortho intramolecular Hbond substituents is 1. The van der Waals surface area contributed by atoms with E-state index in [1.54, 1.807) is 51.1 Å². The van der Waals surface area contributed by atoms with Crippen molar-refractivity contribution in [1.29, 1.82) is 0 Å². The number of rotatable bonds is 11. The minimum Gasteiger partial charge on any atom is -0.507 e. The number of esters is 1. The lowest BCUT2D eigenvalue weighted by Crippen LogP contribution is -2.43. The summed E-state index contributed by atoms with van der Waals surface area (Å²) in [6.45, 7) is 5.63. The molecule has 216 valence electrons. The van der Waals surface area contributed by atoms with Gasteiger partial charge in [-0.05, 0) is 56.0 Å². The average Bonchev–Trinajstić information content (AvgIpc) is 2.94. The number of methoxy groups -OCH3 is 1. The van der Waals surface area contributed by atoms with Crippen LogP contribution in [0.5, 0.6) is 5.75 Å². The van der Waals surface area contributed by atoms with Gasteiger partial charge in [-0.1, -0.05) is 60.7 Å². The van der Waals surface area contributed by atoms with E-state index in [2.05, 4.69) is 10.6 Å². The van der Waals surface area contributed by atoms with Crippen molar-refractivity contribution in [2.24, 2.45) is 0 Å². The molecule has 0 unspecified atom stereocenters. The predicted molar refractivity (Wildman–Crippen MR) is 154 cm³/mol. The monoisotopic (exact) mass is 560 g/mol. The van der Waals surface area contributed by atoms with Gasteiger partial charge in [0, 0.05) is 24.9 Å². The third-order valence-corrected chi connectivity index (χ3v) is 6.13. The van der Waals surface area contributed by atoms with Crippen LogP contribution in [-0.4, -0.2) is 47.6 Å². The van der Waals surface area contributed by atoms with E-state index in [-0.39, 0.29) is 36.5 Å². The van der Waals surface area contributed by atoms with E-state index < -0.39 is 29.6 Å². The molecule has 3 aromatic rings. The topological polar surface area (TPSA) is 131 Å². The number of alkyl carbamates (subject to hydrolysis) is 1. The first-order chi connectivity index (χ1) is 19.4. The van der Waals surface area contributed by atoms with Crippen molar-refractivity contribution in [3.05, 3.63) is 101 Å². The summed E-state index contributed by atoms with van der Waals surface area (Å²) in [6, 6.07) is 19.8. The number of nitrogens with one attached hydrogen (secondary N) is 2. The van der Waals surface area contributed by atoms with E-state index in [1.807, 2.05) is 30.3 Å². The molecule has 0 bridgehead atoms. The molecule has 3 N–H and O–H groups in total. The van der Waals surface area contributed by atoms with Crippen LogP contribution in [-0.2, 0) is 33.7 Å². The molecule has 41 heavy (non-hydrogen) atoms. The van der Waals surface area contributed by atoms with E-state index in [0.29, 0.717) is 17.5 Å². The lowest BCUT2D eigenvalue weighted by Gasteiger charge is -2.19. The maximum atomic E-state index is 12.9. The molecule has 3 aromatic carbocycles. The zero-order valence-electron chi connectivity index (χ0n) is 23.7. The Hall–Kier alpha value is -4.66. The summed E-state index contributed by atoms with van der Waals surface area (Å²) in [6.07, 6.45) is 0.276. The number of hydrogen-bond acceptors (Lipinski definition) is 7. The van der Waals surface area contributed by atoms with E-state index in [9.17, 15) is 24.3 Å². The Bertz CT molecular complexity index is 1360. The molecule has 0 heterocycles. The number of amides is 2. The molecule has 0 aromatic heterocycles. The first-order valence-electron chi connectivity index (χ1n) is 13.3. The number of ether oxygens (including phenoxy) is 2. The molecule has 2 amide bonds. The largest absolute Gasteiger partial charge is 0.507 e. The van der Waals surface area contributed by atoms with Crippen molar-refractivity contribution in [1.82, 2.24) is 10.6 Å². The van der Waals surface area contributed by atoms with Crippen LogP contribution in [0.1, 0.15) is 64.6 Å². The van der Waals surface area contributed by atoms with Crippen molar-refractivity contribution < 1.29 is 33.8 Å². The Morgan fingerprint density at radius 2 is 1.54 bits per heavy atom. The number of aromatic hydroxyl groups is 1. The van der Waals surface area contributed by atoms with Gasteiger partial charge >= 0.3 is 12.1 Å². The second-order valence-electron chi connectivity index (χ2n) is 10.6. The second-order valence-corrected chi connectivity index (χ2v) is 10.6. The molecule has 0 radical (unpaired) electrons.